The lowest BCUT2D eigenvalue weighted by atomic mass is 9.97. The molecule has 1 aromatic carbocycles. The third-order valence-corrected chi connectivity index (χ3v) is 5.05. The standard InChI is InChI=1S/C11H15BrFNO2S/c1-8(2)11(14-17(15,16)7-12)9-3-5-10(13)6-4-9/h3-6,8,11,14H,7H2,1-2H3. The molecular weight excluding hydrogens is 309 g/mol. The monoisotopic (exact) mass is 323 g/mol. The van der Waals surface area contributed by atoms with Crippen molar-refractivity contribution in [3.63, 3.8) is 0 Å². The number of nitrogens with one attached hydrogen (secondary N) is 1. The van der Waals surface area contributed by atoms with Crippen LogP contribution in [0, 0.1) is 11.7 Å². The summed E-state index contributed by atoms with van der Waals surface area (Å²) in [5.41, 5.74) is 0.755. The molecule has 0 radical (unpaired) electrons. The predicted molar refractivity (Wildman–Crippen MR) is 69.8 cm³/mol. The van der Waals surface area contributed by atoms with Gasteiger partial charge in [-0.2, -0.15) is 0 Å². The van der Waals surface area contributed by atoms with Gasteiger partial charge in [-0.1, -0.05) is 41.9 Å². The molecule has 0 heterocycles. The molecule has 0 aliphatic carbocycles. The van der Waals surface area contributed by atoms with E-state index in [9.17, 15) is 12.8 Å². The first-order valence-corrected chi connectivity index (χ1v) is 7.94. The van der Waals surface area contributed by atoms with Crippen LogP contribution in [0.5, 0.6) is 0 Å². The predicted octanol–water partition coefficient (Wildman–Crippen LogP) is 2.79. The highest BCUT2D eigenvalue weighted by molar-refractivity contribution is 9.10. The number of alkyl halides is 1. The molecule has 1 rings (SSSR count). The van der Waals surface area contributed by atoms with E-state index in [4.69, 9.17) is 0 Å². The van der Waals surface area contributed by atoms with Gasteiger partial charge in [0.2, 0.25) is 10.0 Å². The first kappa shape index (κ1) is 14.6. The van der Waals surface area contributed by atoms with Crippen molar-refractivity contribution in [2.24, 2.45) is 5.92 Å². The zero-order valence-electron chi connectivity index (χ0n) is 9.65. The first-order valence-electron chi connectivity index (χ1n) is 5.17. The number of halogens is 2. The van der Waals surface area contributed by atoms with Gasteiger partial charge < -0.3 is 0 Å². The Bertz CT molecular complexity index is 459. The van der Waals surface area contributed by atoms with E-state index in [0.717, 1.165) is 5.56 Å². The second kappa shape index (κ2) is 5.93. The molecule has 3 nitrogen and oxygen atoms in total. The summed E-state index contributed by atoms with van der Waals surface area (Å²) < 4.78 is 38.3. The van der Waals surface area contributed by atoms with Gasteiger partial charge in [-0.25, -0.2) is 17.5 Å². The summed E-state index contributed by atoms with van der Waals surface area (Å²) in [6.45, 7) is 3.82. The van der Waals surface area contributed by atoms with Crippen LogP contribution in [0.2, 0.25) is 0 Å². The van der Waals surface area contributed by atoms with Gasteiger partial charge in [-0.15, -0.1) is 0 Å². The summed E-state index contributed by atoms with van der Waals surface area (Å²) in [6, 6.07) is 5.49. The van der Waals surface area contributed by atoms with Crippen LogP contribution in [0.25, 0.3) is 0 Å². The fourth-order valence-electron chi connectivity index (χ4n) is 1.48. The van der Waals surface area contributed by atoms with E-state index >= 15 is 0 Å². The maximum Gasteiger partial charge on any atom is 0.222 e. The second-order valence-electron chi connectivity index (χ2n) is 4.11. The minimum atomic E-state index is -3.35. The fraction of sp³-hybridized carbons (Fsp3) is 0.455. The highest BCUT2D eigenvalue weighted by Crippen LogP contribution is 2.23. The van der Waals surface area contributed by atoms with Crippen LogP contribution in [-0.2, 0) is 10.0 Å². The maximum atomic E-state index is 12.8. The highest BCUT2D eigenvalue weighted by atomic mass is 79.9. The van der Waals surface area contributed by atoms with Crippen molar-refractivity contribution in [1.29, 1.82) is 0 Å². The normalized spacial score (nSPS) is 13.9. The zero-order chi connectivity index (χ0) is 13.1. The molecule has 0 aliphatic rings. The van der Waals surface area contributed by atoms with Crippen molar-refractivity contribution in [1.82, 2.24) is 4.72 Å². The van der Waals surface area contributed by atoms with Crippen LogP contribution in [0.1, 0.15) is 25.5 Å². The van der Waals surface area contributed by atoms with Crippen molar-refractivity contribution >= 4 is 26.0 Å². The Morgan fingerprint density at radius 3 is 2.24 bits per heavy atom. The van der Waals surface area contributed by atoms with E-state index in [1.54, 1.807) is 12.1 Å². The molecule has 1 atom stereocenters. The minimum absolute atomic E-state index is 0.0780. The molecule has 96 valence electrons. The van der Waals surface area contributed by atoms with Crippen molar-refractivity contribution in [3.8, 4) is 0 Å². The molecule has 1 N–H and O–H groups in total. The Balaban J connectivity index is 2.98. The number of hydrogen-bond donors (Lipinski definition) is 1. The van der Waals surface area contributed by atoms with Gasteiger partial charge in [0.15, 0.2) is 0 Å². The molecule has 1 unspecified atom stereocenters. The van der Waals surface area contributed by atoms with Gasteiger partial charge in [0.25, 0.3) is 0 Å². The van der Waals surface area contributed by atoms with Crippen LogP contribution < -0.4 is 4.72 Å². The van der Waals surface area contributed by atoms with Gasteiger partial charge in [0, 0.05) is 6.04 Å². The third-order valence-electron chi connectivity index (χ3n) is 2.35. The molecule has 6 heteroatoms. The van der Waals surface area contributed by atoms with Crippen LogP contribution in [-0.4, -0.2) is 13.1 Å². The van der Waals surface area contributed by atoms with Crippen LogP contribution in [0.4, 0.5) is 4.39 Å². The van der Waals surface area contributed by atoms with E-state index in [1.807, 2.05) is 13.8 Å². The fourth-order valence-corrected chi connectivity index (χ4v) is 2.74. The van der Waals surface area contributed by atoms with Crippen LogP contribution in [0.3, 0.4) is 0 Å². The Labute approximate surface area is 110 Å². The molecule has 0 saturated heterocycles. The Kier molecular flexibility index (Phi) is 5.09. The van der Waals surface area contributed by atoms with E-state index in [2.05, 4.69) is 20.7 Å². The van der Waals surface area contributed by atoms with E-state index in [0.29, 0.717) is 0 Å². The average molecular weight is 324 g/mol. The molecule has 0 fully saturated rings. The molecule has 0 saturated carbocycles. The largest absolute Gasteiger partial charge is 0.222 e. The number of rotatable bonds is 5. The van der Waals surface area contributed by atoms with Crippen LogP contribution in [0.15, 0.2) is 24.3 Å². The SMILES string of the molecule is CC(C)C(NS(=O)(=O)CBr)c1ccc(F)cc1. The summed E-state index contributed by atoms with van der Waals surface area (Å²) in [6.07, 6.45) is 0. The molecule has 0 amide bonds. The van der Waals surface area contributed by atoms with Crippen molar-refractivity contribution in [2.75, 3.05) is 4.66 Å². The quantitative estimate of drug-likeness (QED) is 0.847. The molecule has 0 spiro atoms. The van der Waals surface area contributed by atoms with Crippen molar-refractivity contribution < 1.29 is 12.8 Å². The molecule has 17 heavy (non-hydrogen) atoms. The maximum absolute atomic E-state index is 12.8. The summed E-state index contributed by atoms with van der Waals surface area (Å²) >= 11 is 2.92. The Morgan fingerprint density at radius 1 is 1.29 bits per heavy atom. The van der Waals surface area contributed by atoms with Gasteiger partial charge >= 0.3 is 0 Å². The molecular formula is C11H15BrFNO2S. The lowest BCUT2D eigenvalue weighted by Crippen LogP contribution is -2.32. The summed E-state index contributed by atoms with van der Waals surface area (Å²) in [7, 11) is -3.35. The van der Waals surface area contributed by atoms with Gasteiger partial charge in [0.05, 0.1) is 0 Å². The van der Waals surface area contributed by atoms with Crippen molar-refractivity contribution in [2.45, 2.75) is 19.9 Å². The number of benzene rings is 1. The summed E-state index contributed by atoms with van der Waals surface area (Å²) in [5.74, 6) is -0.256. The zero-order valence-corrected chi connectivity index (χ0v) is 12.1. The minimum Gasteiger partial charge on any atom is -0.212 e. The number of sulfonamides is 1. The number of hydrogen-bond acceptors (Lipinski definition) is 2. The molecule has 1 aromatic rings. The molecule has 0 aliphatic heterocycles. The molecule has 0 bridgehead atoms. The Hall–Kier alpha value is -0.460. The van der Waals surface area contributed by atoms with E-state index < -0.39 is 10.0 Å². The van der Waals surface area contributed by atoms with Gasteiger partial charge in [-0.3, -0.25) is 0 Å². The average Bonchev–Trinajstić information content (AvgIpc) is 2.27. The first-order chi connectivity index (χ1) is 7.85. The lowest BCUT2D eigenvalue weighted by molar-refractivity contribution is 0.464. The van der Waals surface area contributed by atoms with E-state index in [-0.39, 0.29) is 22.4 Å². The van der Waals surface area contributed by atoms with Gasteiger partial charge in [-0.05, 0) is 23.6 Å². The summed E-state index contributed by atoms with van der Waals surface area (Å²) in [5, 5.41) is 0. The van der Waals surface area contributed by atoms with Crippen LogP contribution >= 0.6 is 15.9 Å². The van der Waals surface area contributed by atoms with Crippen molar-refractivity contribution in [3.05, 3.63) is 35.6 Å². The van der Waals surface area contributed by atoms with E-state index in [1.165, 1.54) is 12.1 Å². The smallest absolute Gasteiger partial charge is 0.212 e. The van der Waals surface area contributed by atoms with Gasteiger partial charge in [0.1, 0.15) is 10.5 Å². The molecule has 0 aromatic heterocycles. The third kappa shape index (κ3) is 4.37. The highest BCUT2D eigenvalue weighted by Gasteiger charge is 2.21. The lowest BCUT2D eigenvalue weighted by Gasteiger charge is -2.22. The topological polar surface area (TPSA) is 46.2 Å². The summed E-state index contributed by atoms with van der Waals surface area (Å²) in [4.78, 5) is 0. The Morgan fingerprint density at radius 2 is 1.82 bits per heavy atom. The second-order valence-corrected chi connectivity index (χ2v) is 7.17.